The predicted octanol–water partition coefficient (Wildman–Crippen LogP) is 4.03. The monoisotopic (exact) mass is 415 g/mol. The van der Waals surface area contributed by atoms with Gasteiger partial charge in [-0.3, -0.25) is 9.78 Å². The van der Waals surface area contributed by atoms with Crippen molar-refractivity contribution in [1.29, 1.82) is 0 Å². The second-order valence-corrected chi connectivity index (χ2v) is 7.35. The molecule has 2 aromatic heterocycles. The molecule has 8 heteroatoms. The quantitative estimate of drug-likeness (QED) is 0.633. The number of hydrogen-bond acceptors (Lipinski definition) is 4. The fourth-order valence-corrected chi connectivity index (χ4v) is 3.44. The lowest BCUT2D eigenvalue weighted by molar-refractivity contribution is -0.154. The number of carbonyl (C=O) groups is 1. The summed E-state index contributed by atoms with van der Waals surface area (Å²) in [4.78, 5) is 20.6. The van der Waals surface area contributed by atoms with Crippen LogP contribution >= 0.6 is 0 Å². The minimum atomic E-state index is -4.39. The number of fused-ring (bicyclic) bond motifs is 1. The lowest BCUT2D eigenvalue weighted by Crippen LogP contribution is -2.27. The number of amides is 1. The van der Waals surface area contributed by atoms with Gasteiger partial charge < -0.3 is 10.1 Å². The number of nitrogens with zero attached hydrogens (tertiary/aromatic N) is 2. The molecule has 0 spiro atoms. The minimum absolute atomic E-state index is 0.0179. The number of rotatable bonds is 7. The average molecular weight is 415 g/mol. The molecule has 156 valence electrons. The first kappa shape index (κ1) is 20.1. The molecule has 1 N–H and O–H groups in total. The van der Waals surface area contributed by atoms with Gasteiger partial charge in [-0.2, -0.15) is 13.2 Å². The highest BCUT2D eigenvalue weighted by Gasteiger charge is 2.43. The van der Waals surface area contributed by atoms with Crippen molar-refractivity contribution in [1.82, 2.24) is 15.3 Å². The minimum Gasteiger partial charge on any atom is -0.468 e. The van der Waals surface area contributed by atoms with Gasteiger partial charge in [-0.1, -0.05) is 18.2 Å². The van der Waals surface area contributed by atoms with Gasteiger partial charge >= 0.3 is 6.18 Å². The maximum Gasteiger partial charge on any atom is 0.422 e. The Morgan fingerprint density at radius 3 is 2.80 bits per heavy atom. The summed E-state index contributed by atoms with van der Waals surface area (Å²) in [6, 6.07) is 13.1. The van der Waals surface area contributed by atoms with Crippen LogP contribution in [-0.4, -0.2) is 35.2 Å². The summed E-state index contributed by atoms with van der Waals surface area (Å²) in [5.41, 5.74) is 2.89. The fourth-order valence-electron chi connectivity index (χ4n) is 3.44. The van der Waals surface area contributed by atoms with Crippen LogP contribution in [0.15, 0.2) is 54.9 Å². The van der Waals surface area contributed by atoms with Crippen LogP contribution in [0.3, 0.4) is 0 Å². The first-order valence-electron chi connectivity index (χ1n) is 9.66. The van der Waals surface area contributed by atoms with Crippen LogP contribution < -0.4 is 10.1 Å². The predicted molar refractivity (Wildman–Crippen MR) is 105 cm³/mol. The molecule has 1 saturated carbocycles. The number of carbonyl (C=O) groups excluding carboxylic acids is 1. The number of halogens is 3. The molecule has 1 aromatic carbocycles. The molecule has 1 aliphatic carbocycles. The Morgan fingerprint density at radius 1 is 1.17 bits per heavy atom. The first-order chi connectivity index (χ1) is 14.4. The van der Waals surface area contributed by atoms with E-state index in [0.717, 1.165) is 28.5 Å². The van der Waals surface area contributed by atoms with Gasteiger partial charge in [-0.05, 0) is 48.1 Å². The molecule has 3 aromatic rings. The summed E-state index contributed by atoms with van der Waals surface area (Å²) in [5.74, 6) is 0.132. The van der Waals surface area contributed by atoms with Crippen molar-refractivity contribution in [3.8, 4) is 5.88 Å². The summed E-state index contributed by atoms with van der Waals surface area (Å²) in [6.07, 6.45) is 0.186. The molecular formula is C22H20F3N3O2. The lowest BCUT2D eigenvalue weighted by atomic mass is 10.1. The highest BCUT2D eigenvalue weighted by atomic mass is 19.4. The molecule has 2 heterocycles. The van der Waals surface area contributed by atoms with Gasteiger partial charge in [-0.15, -0.1) is 0 Å². The molecule has 0 aliphatic heterocycles. The standard InChI is InChI=1S/C22H20F3N3O2/c23-22(24,25)13-30-20-6-3-14(12-28-20)7-9-27-21(29)18-11-17(18)15-4-5-19-16(10-15)2-1-8-26-19/h1-6,8,10,12,17-18H,7,9,11,13H2,(H,27,29). The zero-order valence-corrected chi connectivity index (χ0v) is 16.0. The van der Waals surface area contributed by atoms with E-state index in [9.17, 15) is 18.0 Å². The molecule has 0 radical (unpaired) electrons. The van der Waals surface area contributed by atoms with E-state index in [1.165, 1.54) is 12.3 Å². The molecule has 1 amide bonds. The largest absolute Gasteiger partial charge is 0.468 e. The second kappa shape index (κ2) is 8.30. The molecule has 0 saturated heterocycles. The summed E-state index contributed by atoms with van der Waals surface area (Å²) in [6.45, 7) is -0.931. The van der Waals surface area contributed by atoms with E-state index >= 15 is 0 Å². The van der Waals surface area contributed by atoms with E-state index in [-0.39, 0.29) is 23.6 Å². The number of nitrogens with one attached hydrogen (secondary N) is 1. The van der Waals surface area contributed by atoms with E-state index in [0.29, 0.717) is 13.0 Å². The van der Waals surface area contributed by atoms with E-state index in [1.807, 2.05) is 24.3 Å². The van der Waals surface area contributed by atoms with Crippen LogP contribution in [0.4, 0.5) is 13.2 Å². The summed E-state index contributed by atoms with van der Waals surface area (Å²) >= 11 is 0. The Hall–Kier alpha value is -3.16. The second-order valence-electron chi connectivity index (χ2n) is 7.35. The first-order valence-corrected chi connectivity index (χ1v) is 9.66. The average Bonchev–Trinajstić information content (AvgIpc) is 3.53. The van der Waals surface area contributed by atoms with Crippen LogP contribution in [0.1, 0.15) is 23.5 Å². The Morgan fingerprint density at radius 2 is 2.03 bits per heavy atom. The van der Waals surface area contributed by atoms with Crippen molar-refractivity contribution in [3.05, 3.63) is 66.0 Å². The molecule has 2 unspecified atom stereocenters. The Balaban J connectivity index is 1.23. The van der Waals surface area contributed by atoms with E-state index < -0.39 is 12.8 Å². The third kappa shape index (κ3) is 5.06. The topological polar surface area (TPSA) is 64.1 Å². The van der Waals surface area contributed by atoms with Crippen molar-refractivity contribution in [2.24, 2.45) is 5.92 Å². The number of hydrogen-bond donors (Lipinski definition) is 1. The number of ether oxygens (including phenoxy) is 1. The number of alkyl halides is 3. The van der Waals surface area contributed by atoms with E-state index in [1.54, 1.807) is 12.3 Å². The summed E-state index contributed by atoms with van der Waals surface area (Å²) < 4.78 is 41.0. The molecule has 30 heavy (non-hydrogen) atoms. The van der Waals surface area contributed by atoms with Gasteiger partial charge in [0.05, 0.1) is 5.52 Å². The normalized spacial score (nSPS) is 18.2. The molecule has 0 bridgehead atoms. The van der Waals surface area contributed by atoms with Crippen molar-refractivity contribution in [2.45, 2.75) is 24.9 Å². The smallest absolute Gasteiger partial charge is 0.422 e. The van der Waals surface area contributed by atoms with Crippen LogP contribution in [0.5, 0.6) is 5.88 Å². The Bertz CT molecular complexity index is 1040. The Kier molecular flexibility index (Phi) is 5.57. The molecular weight excluding hydrogens is 395 g/mol. The molecule has 5 nitrogen and oxygen atoms in total. The van der Waals surface area contributed by atoms with Crippen molar-refractivity contribution in [2.75, 3.05) is 13.2 Å². The number of pyridine rings is 2. The van der Waals surface area contributed by atoms with Crippen LogP contribution in [0.2, 0.25) is 0 Å². The SMILES string of the molecule is O=C(NCCc1ccc(OCC(F)(F)F)nc1)C1CC1c1ccc2ncccc2c1. The Labute approximate surface area is 171 Å². The van der Waals surface area contributed by atoms with Gasteiger partial charge in [0.1, 0.15) is 0 Å². The molecule has 4 rings (SSSR count). The van der Waals surface area contributed by atoms with Gasteiger partial charge in [0.2, 0.25) is 11.8 Å². The zero-order valence-electron chi connectivity index (χ0n) is 16.0. The summed E-state index contributed by atoms with van der Waals surface area (Å²) in [7, 11) is 0. The summed E-state index contributed by atoms with van der Waals surface area (Å²) in [5, 5.41) is 4.00. The lowest BCUT2D eigenvalue weighted by Gasteiger charge is -2.09. The number of aromatic nitrogens is 2. The maximum absolute atomic E-state index is 12.4. The van der Waals surface area contributed by atoms with Crippen LogP contribution in [0.25, 0.3) is 10.9 Å². The highest BCUT2D eigenvalue weighted by molar-refractivity contribution is 5.84. The molecule has 1 aliphatic rings. The van der Waals surface area contributed by atoms with E-state index in [4.69, 9.17) is 0 Å². The molecule has 1 fully saturated rings. The van der Waals surface area contributed by atoms with Crippen molar-refractivity contribution in [3.63, 3.8) is 0 Å². The van der Waals surface area contributed by atoms with E-state index in [2.05, 4.69) is 26.1 Å². The van der Waals surface area contributed by atoms with Gasteiger partial charge in [-0.25, -0.2) is 4.98 Å². The zero-order chi connectivity index (χ0) is 21.1. The number of benzene rings is 1. The van der Waals surface area contributed by atoms with Gasteiger partial charge in [0, 0.05) is 36.3 Å². The van der Waals surface area contributed by atoms with Gasteiger partial charge in [0.25, 0.3) is 0 Å². The maximum atomic E-state index is 12.4. The van der Waals surface area contributed by atoms with Crippen molar-refractivity contribution >= 4 is 16.8 Å². The third-order valence-corrected chi connectivity index (χ3v) is 5.08. The highest BCUT2D eigenvalue weighted by Crippen LogP contribution is 2.48. The van der Waals surface area contributed by atoms with Gasteiger partial charge in [0.15, 0.2) is 6.61 Å². The molecule has 2 atom stereocenters. The van der Waals surface area contributed by atoms with Crippen LogP contribution in [-0.2, 0) is 11.2 Å². The fraction of sp³-hybridized carbons (Fsp3) is 0.318. The van der Waals surface area contributed by atoms with Crippen molar-refractivity contribution < 1.29 is 22.7 Å². The van der Waals surface area contributed by atoms with Crippen LogP contribution in [0, 0.1) is 5.92 Å². The third-order valence-electron chi connectivity index (χ3n) is 5.08.